The highest BCUT2D eigenvalue weighted by molar-refractivity contribution is 7.90. The van der Waals surface area contributed by atoms with Gasteiger partial charge in [-0.1, -0.05) is 0 Å². The number of nitrogens with one attached hydrogen (secondary N) is 1. The average Bonchev–Trinajstić information content (AvgIpc) is 3.31. The minimum absolute atomic E-state index is 0.0600. The molecule has 2 heterocycles. The van der Waals surface area contributed by atoms with E-state index in [1.165, 1.54) is 12.8 Å². The van der Waals surface area contributed by atoms with Crippen molar-refractivity contribution in [2.24, 2.45) is 5.92 Å². The number of amides is 1. The zero-order valence-corrected chi connectivity index (χ0v) is 14.5. The van der Waals surface area contributed by atoms with Crippen molar-refractivity contribution in [3.05, 3.63) is 36.2 Å². The summed E-state index contributed by atoms with van der Waals surface area (Å²) >= 11 is 0. The van der Waals surface area contributed by atoms with Gasteiger partial charge in [-0.05, 0) is 75.1 Å². The molecule has 1 aromatic carbocycles. The summed E-state index contributed by atoms with van der Waals surface area (Å²) in [5.41, 5.74) is 1.53. The third kappa shape index (κ3) is 3.29. The van der Waals surface area contributed by atoms with E-state index in [1.54, 1.807) is 12.1 Å². The van der Waals surface area contributed by atoms with Crippen molar-refractivity contribution < 1.29 is 13.2 Å². The predicted octanol–water partition coefficient (Wildman–Crippen LogP) is 2.49. The van der Waals surface area contributed by atoms with Crippen LogP contribution in [0.25, 0.3) is 0 Å². The summed E-state index contributed by atoms with van der Waals surface area (Å²) in [5.74, 6) is -0.244. The van der Waals surface area contributed by atoms with Gasteiger partial charge in [0.05, 0.1) is 5.75 Å². The summed E-state index contributed by atoms with van der Waals surface area (Å²) < 4.78 is 26.0. The molecule has 1 radical (unpaired) electrons. The van der Waals surface area contributed by atoms with E-state index in [4.69, 9.17) is 0 Å². The van der Waals surface area contributed by atoms with E-state index in [9.17, 15) is 13.2 Å². The normalized spacial score (nSPS) is 26.4. The fourth-order valence-electron chi connectivity index (χ4n) is 3.95. The number of benzene rings is 1. The molecule has 0 aromatic heterocycles. The molecule has 1 aromatic rings. The second-order valence-electron chi connectivity index (χ2n) is 7.26. The fourth-order valence-corrected chi connectivity index (χ4v) is 5.39. The smallest absolute Gasteiger partial charge is 0.264 e. The molecule has 0 unspecified atom stereocenters. The van der Waals surface area contributed by atoms with E-state index in [2.05, 4.69) is 16.0 Å². The standard InChI is InChI=1S/C18H23N2O3S/c21-18(19-24(22,23)12-13-4-5-13)14-6-8-17(9-7-14)20-15-2-1-3-16(20)11-10-15/h1,6-9,13,15-16H,2-5,10-12H2,(H,19,21)/t15-,16+. The van der Waals surface area contributed by atoms with Gasteiger partial charge in [0, 0.05) is 23.3 Å². The van der Waals surface area contributed by atoms with Gasteiger partial charge in [0.2, 0.25) is 10.0 Å². The number of fused-ring (bicyclic) bond motifs is 2. The van der Waals surface area contributed by atoms with Crippen LogP contribution < -0.4 is 9.62 Å². The predicted molar refractivity (Wildman–Crippen MR) is 93.2 cm³/mol. The maximum Gasteiger partial charge on any atom is 0.264 e. The zero-order chi connectivity index (χ0) is 16.7. The number of hydrogen-bond donors (Lipinski definition) is 1. The Morgan fingerprint density at radius 1 is 1.04 bits per heavy atom. The second kappa shape index (κ2) is 6.06. The summed E-state index contributed by atoms with van der Waals surface area (Å²) in [6, 6.07) is 8.49. The highest BCUT2D eigenvalue weighted by atomic mass is 32.2. The van der Waals surface area contributed by atoms with Gasteiger partial charge >= 0.3 is 0 Å². The van der Waals surface area contributed by atoms with Gasteiger partial charge < -0.3 is 4.90 Å². The van der Waals surface area contributed by atoms with Crippen LogP contribution in [0, 0.1) is 12.3 Å². The van der Waals surface area contributed by atoms with E-state index >= 15 is 0 Å². The lowest BCUT2D eigenvalue weighted by atomic mass is 10.0. The van der Waals surface area contributed by atoms with Crippen LogP contribution in [-0.2, 0) is 10.0 Å². The van der Waals surface area contributed by atoms with Gasteiger partial charge in [-0.25, -0.2) is 13.1 Å². The first-order valence-corrected chi connectivity index (χ1v) is 10.4. The Morgan fingerprint density at radius 3 is 2.25 bits per heavy atom. The molecule has 2 atom stereocenters. The molecule has 24 heavy (non-hydrogen) atoms. The molecule has 2 aliphatic heterocycles. The molecule has 4 rings (SSSR count). The monoisotopic (exact) mass is 347 g/mol. The SMILES string of the molecule is O=C(NS(=O)(=O)CC1CC1)c1ccc(N2[C@@H]3C[CH]C[C@H]2CC3)cc1. The maximum absolute atomic E-state index is 12.2. The molecule has 1 aliphatic carbocycles. The van der Waals surface area contributed by atoms with Crippen LogP contribution in [0.5, 0.6) is 0 Å². The Kier molecular flexibility index (Phi) is 4.03. The Hall–Kier alpha value is -1.56. The quantitative estimate of drug-likeness (QED) is 0.889. The highest BCUT2D eigenvalue weighted by Crippen LogP contribution is 2.38. The van der Waals surface area contributed by atoms with Crippen LogP contribution in [0.3, 0.4) is 0 Å². The van der Waals surface area contributed by atoms with Crippen molar-refractivity contribution in [1.29, 1.82) is 0 Å². The largest absolute Gasteiger partial charge is 0.366 e. The highest BCUT2D eigenvalue weighted by Gasteiger charge is 2.36. The van der Waals surface area contributed by atoms with Crippen molar-refractivity contribution in [2.75, 3.05) is 10.7 Å². The lowest BCUT2D eigenvalue weighted by Crippen LogP contribution is -2.39. The summed E-state index contributed by atoms with van der Waals surface area (Å²) in [6.07, 6.45) is 8.96. The average molecular weight is 347 g/mol. The summed E-state index contributed by atoms with van der Waals surface area (Å²) in [6.45, 7) is 0. The first-order chi connectivity index (χ1) is 11.5. The number of carbonyl (C=O) groups excluding carboxylic acids is 1. The molecular formula is C18H23N2O3S. The number of nitrogens with zero attached hydrogens (tertiary/aromatic N) is 1. The molecule has 3 aliphatic rings. The van der Waals surface area contributed by atoms with Crippen molar-refractivity contribution in [3.8, 4) is 0 Å². The molecule has 3 fully saturated rings. The van der Waals surface area contributed by atoms with Crippen LogP contribution in [0.1, 0.15) is 48.9 Å². The maximum atomic E-state index is 12.2. The number of sulfonamides is 1. The van der Waals surface area contributed by atoms with Crippen LogP contribution in [0.2, 0.25) is 0 Å². The molecule has 5 nitrogen and oxygen atoms in total. The minimum atomic E-state index is -3.52. The molecular weight excluding hydrogens is 324 g/mol. The van der Waals surface area contributed by atoms with Crippen LogP contribution >= 0.6 is 0 Å². The van der Waals surface area contributed by atoms with Gasteiger partial charge in [0.15, 0.2) is 0 Å². The van der Waals surface area contributed by atoms with Crippen LogP contribution in [0.15, 0.2) is 24.3 Å². The number of piperidine rings is 1. The summed E-state index contributed by atoms with van der Waals surface area (Å²) in [4.78, 5) is 14.6. The van der Waals surface area contributed by atoms with Gasteiger partial charge in [-0.3, -0.25) is 4.79 Å². The van der Waals surface area contributed by atoms with Crippen molar-refractivity contribution in [1.82, 2.24) is 4.72 Å². The number of anilines is 1. The molecule has 129 valence electrons. The number of carbonyl (C=O) groups is 1. The summed E-state index contributed by atoms with van der Waals surface area (Å²) in [5, 5.41) is 0. The third-order valence-electron chi connectivity index (χ3n) is 5.33. The molecule has 0 spiro atoms. The molecule has 2 saturated heterocycles. The topological polar surface area (TPSA) is 66.5 Å². The Balaban J connectivity index is 1.44. The van der Waals surface area contributed by atoms with Crippen molar-refractivity contribution in [3.63, 3.8) is 0 Å². The fraction of sp³-hybridized carbons (Fsp3) is 0.556. The number of hydrogen-bond acceptors (Lipinski definition) is 4. The molecule has 1 N–H and O–H groups in total. The van der Waals surface area contributed by atoms with Crippen molar-refractivity contribution in [2.45, 2.75) is 50.6 Å². The molecule has 1 saturated carbocycles. The third-order valence-corrected chi connectivity index (χ3v) is 6.73. The Bertz CT molecular complexity index is 709. The van der Waals surface area contributed by atoms with Crippen LogP contribution in [0.4, 0.5) is 5.69 Å². The van der Waals surface area contributed by atoms with E-state index in [0.717, 1.165) is 31.4 Å². The van der Waals surface area contributed by atoms with Gasteiger partial charge in [0.1, 0.15) is 0 Å². The zero-order valence-electron chi connectivity index (χ0n) is 13.6. The molecule has 1 amide bonds. The van der Waals surface area contributed by atoms with Crippen LogP contribution in [-0.4, -0.2) is 32.2 Å². The second-order valence-corrected chi connectivity index (χ2v) is 9.02. The first kappa shape index (κ1) is 15.9. The lowest BCUT2D eigenvalue weighted by Gasteiger charge is -2.36. The van der Waals surface area contributed by atoms with E-state index in [0.29, 0.717) is 17.6 Å². The Labute approximate surface area is 143 Å². The minimum Gasteiger partial charge on any atom is -0.366 e. The van der Waals surface area contributed by atoms with E-state index in [1.807, 2.05) is 12.1 Å². The van der Waals surface area contributed by atoms with Gasteiger partial charge in [-0.15, -0.1) is 0 Å². The van der Waals surface area contributed by atoms with Gasteiger partial charge in [-0.2, -0.15) is 0 Å². The first-order valence-electron chi connectivity index (χ1n) is 8.77. The molecule has 2 bridgehead atoms. The summed E-state index contributed by atoms with van der Waals surface area (Å²) in [7, 11) is -3.52. The van der Waals surface area contributed by atoms with Gasteiger partial charge in [0.25, 0.3) is 5.91 Å². The van der Waals surface area contributed by atoms with E-state index < -0.39 is 15.9 Å². The van der Waals surface area contributed by atoms with E-state index in [-0.39, 0.29) is 11.7 Å². The Morgan fingerprint density at radius 2 is 1.67 bits per heavy atom. The molecule has 6 heteroatoms. The van der Waals surface area contributed by atoms with Crippen molar-refractivity contribution >= 4 is 21.6 Å². The number of rotatable bonds is 5. The lowest BCUT2D eigenvalue weighted by molar-refractivity contribution is 0.0981.